The van der Waals surface area contributed by atoms with Crippen molar-refractivity contribution in [3.05, 3.63) is 54.1 Å². The molecule has 1 unspecified atom stereocenters. The van der Waals surface area contributed by atoms with Crippen LogP contribution in [0.1, 0.15) is 64.4 Å². The molecule has 0 saturated carbocycles. The van der Waals surface area contributed by atoms with Gasteiger partial charge in [-0.2, -0.15) is 0 Å². The maximum absolute atomic E-state index is 13.3. The van der Waals surface area contributed by atoms with Crippen LogP contribution in [0.2, 0.25) is 0 Å². The number of fused-ring (bicyclic) bond motifs is 3. The van der Waals surface area contributed by atoms with E-state index in [1.54, 1.807) is 6.92 Å². The molecule has 0 saturated heterocycles. The van der Waals surface area contributed by atoms with E-state index in [9.17, 15) is 14.4 Å². The van der Waals surface area contributed by atoms with E-state index < -0.39 is 17.9 Å². The highest BCUT2D eigenvalue weighted by molar-refractivity contribution is 6.06. The molecule has 2 aromatic carbocycles. The second-order valence-corrected chi connectivity index (χ2v) is 8.08. The van der Waals surface area contributed by atoms with Gasteiger partial charge in [0.2, 0.25) is 5.91 Å². The first kappa shape index (κ1) is 22.5. The van der Waals surface area contributed by atoms with Gasteiger partial charge in [0, 0.05) is 12.0 Å². The van der Waals surface area contributed by atoms with Gasteiger partial charge in [0.05, 0.1) is 11.6 Å². The van der Waals surface area contributed by atoms with Gasteiger partial charge < -0.3 is 5.32 Å². The molecule has 2 N–H and O–H groups in total. The van der Waals surface area contributed by atoms with Crippen molar-refractivity contribution in [3.63, 3.8) is 0 Å². The van der Waals surface area contributed by atoms with E-state index in [4.69, 9.17) is 0 Å². The van der Waals surface area contributed by atoms with E-state index in [-0.39, 0.29) is 11.8 Å². The highest BCUT2D eigenvalue weighted by atomic mass is 16.2. The lowest BCUT2D eigenvalue weighted by Gasteiger charge is -2.27. The third-order valence-electron chi connectivity index (χ3n) is 5.70. The number of unbranched alkanes of at least 4 members (excludes halogenated alkanes) is 3. The summed E-state index contributed by atoms with van der Waals surface area (Å²) < 4.78 is 0. The Bertz CT molecular complexity index is 957. The molecule has 0 spiro atoms. The second-order valence-electron chi connectivity index (χ2n) is 8.08. The predicted octanol–water partition coefficient (Wildman–Crippen LogP) is 4.31. The largest absolute Gasteiger partial charge is 0.345 e. The minimum Gasteiger partial charge on any atom is -0.345 e. The zero-order chi connectivity index (χ0) is 22.4. The zero-order valence-corrected chi connectivity index (χ0v) is 18.5. The molecule has 6 nitrogen and oxygen atoms in total. The fourth-order valence-corrected chi connectivity index (χ4v) is 3.88. The average Bonchev–Trinajstić information content (AvgIpc) is 2.86. The quantitative estimate of drug-likeness (QED) is 0.624. The zero-order valence-electron chi connectivity index (χ0n) is 18.5. The van der Waals surface area contributed by atoms with Crippen LogP contribution in [0, 0.1) is 0 Å². The van der Waals surface area contributed by atoms with Crippen LogP contribution in [0.15, 0.2) is 48.5 Å². The van der Waals surface area contributed by atoms with Gasteiger partial charge in [0.25, 0.3) is 11.8 Å². The Balaban J connectivity index is 1.76. The predicted molar refractivity (Wildman–Crippen MR) is 122 cm³/mol. The molecule has 6 heteroatoms. The van der Waals surface area contributed by atoms with Crippen molar-refractivity contribution in [2.75, 3.05) is 5.01 Å². The van der Waals surface area contributed by atoms with Crippen LogP contribution < -0.4 is 15.8 Å². The molecule has 0 aromatic heterocycles. The minimum absolute atomic E-state index is 0.151. The number of hydrazine groups is 1. The Kier molecular flexibility index (Phi) is 7.45. The van der Waals surface area contributed by atoms with Crippen molar-refractivity contribution in [2.24, 2.45) is 0 Å². The fraction of sp³-hybridized carbons (Fsp3) is 0.400. The van der Waals surface area contributed by atoms with Crippen LogP contribution in [0.5, 0.6) is 0 Å². The van der Waals surface area contributed by atoms with Gasteiger partial charge in [-0.25, -0.2) is 5.01 Å². The van der Waals surface area contributed by atoms with Crippen molar-refractivity contribution in [1.82, 2.24) is 10.7 Å². The summed E-state index contributed by atoms with van der Waals surface area (Å²) in [5, 5.41) is 4.07. The van der Waals surface area contributed by atoms with E-state index in [1.807, 2.05) is 55.5 Å². The maximum atomic E-state index is 13.3. The molecular formula is C25H31N3O3. The van der Waals surface area contributed by atoms with Gasteiger partial charge in [-0.3, -0.25) is 19.8 Å². The molecule has 3 rings (SSSR count). The maximum Gasteiger partial charge on any atom is 0.261 e. The van der Waals surface area contributed by atoms with Crippen molar-refractivity contribution < 1.29 is 14.4 Å². The van der Waals surface area contributed by atoms with E-state index in [2.05, 4.69) is 17.7 Å². The van der Waals surface area contributed by atoms with Crippen LogP contribution >= 0.6 is 0 Å². The summed E-state index contributed by atoms with van der Waals surface area (Å²) in [6, 6.07) is 14.6. The standard InChI is InChI=1S/C25H31N3O3/c1-4-5-6-7-16-23(29)26-18(3)24(30)27-28-22-15-11-10-14-21(22)20-13-9-8-12-19(20)17(2)25(28)31/h8-15,17-18H,4-7,16H2,1-3H3,(H,26,29)(H,27,30)/t17?,18-/m0/s1. The Morgan fingerprint density at radius 1 is 1.00 bits per heavy atom. The molecule has 3 amide bonds. The monoisotopic (exact) mass is 421 g/mol. The topological polar surface area (TPSA) is 78.5 Å². The van der Waals surface area contributed by atoms with Crippen LogP contribution in [0.4, 0.5) is 5.69 Å². The van der Waals surface area contributed by atoms with Crippen LogP contribution in [-0.4, -0.2) is 23.8 Å². The number of nitrogens with zero attached hydrogens (tertiary/aromatic N) is 1. The Hall–Kier alpha value is -3.15. The number of carbonyl (C=O) groups excluding carboxylic acids is 3. The first-order chi connectivity index (χ1) is 14.9. The summed E-state index contributed by atoms with van der Waals surface area (Å²) >= 11 is 0. The van der Waals surface area contributed by atoms with Crippen LogP contribution in [0.25, 0.3) is 11.1 Å². The number of benzene rings is 2. The Labute approximate surface area is 184 Å². The molecule has 2 atom stereocenters. The van der Waals surface area contributed by atoms with Crippen molar-refractivity contribution in [1.29, 1.82) is 0 Å². The van der Waals surface area contributed by atoms with E-state index in [1.165, 1.54) is 5.01 Å². The van der Waals surface area contributed by atoms with Gasteiger partial charge in [0.15, 0.2) is 0 Å². The van der Waals surface area contributed by atoms with E-state index >= 15 is 0 Å². The summed E-state index contributed by atoms with van der Waals surface area (Å²) in [5.41, 5.74) is 6.14. The third-order valence-corrected chi connectivity index (χ3v) is 5.70. The molecule has 0 fully saturated rings. The van der Waals surface area contributed by atoms with Gasteiger partial charge in [-0.15, -0.1) is 0 Å². The summed E-state index contributed by atoms with van der Waals surface area (Å²) in [6.45, 7) is 5.59. The Morgan fingerprint density at radius 3 is 2.42 bits per heavy atom. The van der Waals surface area contributed by atoms with Gasteiger partial charge in [-0.05, 0) is 37.5 Å². The van der Waals surface area contributed by atoms with Gasteiger partial charge >= 0.3 is 0 Å². The lowest BCUT2D eigenvalue weighted by Crippen LogP contribution is -2.54. The van der Waals surface area contributed by atoms with Crippen LogP contribution in [0.3, 0.4) is 0 Å². The number of hydrogen-bond donors (Lipinski definition) is 2. The summed E-state index contributed by atoms with van der Waals surface area (Å²) in [7, 11) is 0. The number of amides is 3. The first-order valence-electron chi connectivity index (χ1n) is 11.1. The molecule has 31 heavy (non-hydrogen) atoms. The molecule has 164 valence electrons. The van der Waals surface area contributed by atoms with Crippen molar-refractivity contribution in [2.45, 2.75) is 64.8 Å². The molecule has 1 aliphatic rings. The molecular weight excluding hydrogens is 390 g/mol. The number of rotatable bonds is 8. The SMILES string of the molecule is CCCCCCC(=O)N[C@@H](C)C(=O)NN1C(=O)C(C)c2ccccc2-c2ccccc21. The van der Waals surface area contributed by atoms with E-state index in [0.717, 1.165) is 42.4 Å². The lowest BCUT2D eigenvalue weighted by molar-refractivity contribution is -0.130. The Morgan fingerprint density at radius 2 is 1.68 bits per heavy atom. The lowest BCUT2D eigenvalue weighted by atomic mass is 9.92. The van der Waals surface area contributed by atoms with Gasteiger partial charge in [0.1, 0.15) is 6.04 Å². The summed E-state index contributed by atoms with van der Waals surface area (Å²) in [6.07, 6.45) is 4.41. The summed E-state index contributed by atoms with van der Waals surface area (Å²) in [4.78, 5) is 38.3. The molecule has 2 aromatic rings. The highest BCUT2D eigenvalue weighted by Gasteiger charge is 2.33. The third kappa shape index (κ3) is 5.13. The molecule has 0 radical (unpaired) electrons. The number of hydrogen-bond acceptors (Lipinski definition) is 3. The highest BCUT2D eigenvalue weighted by Crippen LogP contribution is 2.39. The smallest absolute Gasteiger partial charge is 0.261 e. The fourth-order valence-electron chi connectivity index (χ4n) is 3.88. The molecule has 0 aliphatic carbocycles. The number of nitrogens with one attached hydrogen (secondary N) is 2. The summed E-state index contributed by atoms with van der Waals surface area (Å²) in [5.74, 6) is -1.22. The van der Waals surface area contributed by atoms with Crippen molar-refractivity contribution in [3.8, 4) is 11.1 Å². The number of anilines is 1. The average molecular weight is 422 g/mol. The molecule has 1 heterocycles. The molecule has 0 bridgehead atoms. The first-order valence-corrected chi connectivity index (χ1v) is 11.1. The van der Waals surface area contributed by atoms with Gasteiger partial charge in [-0.1, -0.05) is 68.7 Å². The van der Waals surface area contributed by atoms with Crippen LogP contribution in [-0.2, 0) is 14.4 Å². The van der Waals surface area contributed by atoms with E-state index in [0.29, 0.717) is 12.1 Å². The number of para-hydroxylation sites is 1. The number of carbonyl (C=O) groups is 3. The van der Waals surface area contributed by atoms with Crippen molar-refractivity contribution >= 4 is 23.4 Å². The second kappa shape index (κ2) is 10.2. The minimum atomic E-state index is -0.750. The normalized spacial score (nSPS) is 16.0. The molecule has 1 aliphatic heterocycles.